The van der Waals surface area contributed by atoms with Crippen molar-refractivity contribution in [2.45, 2.75) is 33.2 Å². The van der Waals surface area contributed by atoms with Gasteiger partial charge in [0, 0.05) is 38.3 Å². The quantitative estimate of drug-likeness (QED) is 0.531. The number of amides is 2. The number of non-ortho nitro benzene ring substituents is 1. The lowest BCUT2D eigenvalue weighted by atomic mass is 10.2. The number of ether oxygens (including phenoxy) is 2. The van der Waals surface area contributed by atoms with Gasteiger partial charge in [0.15, 0.2) is 0 Å². The van der Waals surface area contributed by atoms with Crippen molar-refractivity contribution in [2.24, 2.45) is 5.92 Å². The standard InChI is InChI=1S/C20H30N4O6/c1-14(2)13-30-20(26)23-9-5-8-22(10-11-23)15(3)19(25)21-17-12-16(24(27)28)6-7-18(17)29-4/h6-7,12,14-15H,5,8-11,13H2,1-4H3,(H,21,25). The van der Waals surface area contributed by atoms with Crippen LogP contribution in [0.5, 0.6) is 5.75 Å². The summed E-state index contributed by atoms with van der Waals surface area (Å²) in [5.41, 5.74) is 0.112. The summed E-state index contributed by atoms with van der Waals surface area (Å²) in [5, 5.41) is 13.8. The summed E-state index contributed by atoms with van der Waals surface area (Å²) in [6.45, 7) is 8.32. The van der Waals surface area contributed by atoms with Crippen LogP contribution < -0.4 is 10.1 Å². The van der Waals surface area contributed by atoms with Gasteiger partial charge in [-0.1, -0.05) is 13.8 Å². The van der Waals surface area contributed by atoms with Crippen LogP contribution in [0.15, 0.2) is 18.2 Å². The Morgan fingerprint density at radius 3 is 2.57 bits per heavy atom. The van der Waals surface area contributed by atoms with E-state index in [9.17, 15) is 19.7 Å². The Morgan fingerprint density at radius 2 is 1.93 bits per heavy atom. The second kappa shape index (κ2) is 10.8. The number of carbonyl (C=O) groups excluding carboxylic acids is 2. The first-order chi connectivity index (χ1) is 14.2. The highest BCUT2D eigenvalue weighted by Crippen LogP contribution is 2.29. The van der Waals surface area contributed by atoms with Gasteiger partial charge in [-0.15, -0.1) is 0 Å². The number of nitrogens with one attached hydrogen (secondary N) is 1. The average molecular weight is 422 g/mol. The highest BCUT2D eigenvalue weighted by molar-refractivity contribution is 5.96. The summed E-state index contributed by atoms with van der Waals surface area (Å²) in [6.07, 6.45) is 0.387. The summed E-state index contributed by atoms with van der Waals surface area (Å²) in [4.78, 5) is 39.1. The highest BCUT2D eigenvalue weighted by atomic mass is 16.6. The Kier molecular flexibility index (Phi) is 8.40. The van der Waals surface area contributed by atoms with Gasteiger partial charge in [0.25, 0.3) is 5.69 Å². The largest absolute Gasteiger partial charge is 0.495 e. The molecule has 0 spiro atoms. The Balaban J connectivity index is 1.99. The molecule has 10 heteroatoms. The first kappa shape index (κ1) is 23.4. The normalized spacial score (nSPS) is 16.0. The van der Waals surface area contributed by atoms with Gasteiger partial charge in [-0.2, -0.15) is 0 Å². The summed E-state index contributed by atoms with van der Waals surface area (Å²) < 4.78 is 10.5. The maximum atomic E-state index is 12.8. The fourth-order valence-corrected chi connectivity index (χ4v) is 3.15. The Hall–Kier alpha value is -2.88. The number of carbonyl (C=O) groups is 2. The second-order valence-corrected chi connectivity index (χ2v) is 7.65. The minimum absolute atomic E-state index is 0.135. The van der Waals surface area contributed by atoms with Crippen LogP contribution in [-0.4, -0.2) is 72.7 Å². The molecule has 0 radical (unpaired) electrons. The number of methoxy groups -OCH3 is 1. The SMILES string of the molecule is COc1ccc([N+](=O)[O-])cc1NC(=O)C(C)N1CCCN(C(=O)OCC(C)C)CC1. The van der Waals surface area contributed by atoms with Crippen LogP contribution >= 0.6 is 0 Å². The number of nitro groups is 1. The number of nitrogens with zero attached hydrogens (tertiary/aromatic N) is 3. The van der Waals surface area contributed by atoms with Gasteiger partial charge in [-0.25, -0.2) is 4.79 Å². The van der Waals surface area contributed by atoms with E-state index >= 15 is 0 Å². The topological polar surface area (TPSA) is 114 Å². The zero-order valence-electron chi connectivity index (χ0n) is 17.9. The average Bonchev–Trinajstić information content (AvgIpc) is 2.97. The number of benzene rings is 1. The van der Waals surface area contributed by atoms with Crippen molar-refractivity contribution in [2.75, 3.05) is 45.2 Å². The zero-order valence-corrected chi connectivity index (χ0v) is 17.9. The molecule has 0 saturated carbocycles. The molecule has 10 nitrogen and oxygen atoms in total. The van der Waals surface area contributed by atoms with Crippen LogP contribution in [0.3, 0.4) is 0 Å². The maximum absolute atomic E-state index is 12.8. The third kappa shape index (κ3) is 6.31. The molecule has 2 amide bonds. The molecule has 1 unspecified atom stereocenters. The van der Waals surface area contributed by atoms with E-state index in [1.807, 2.05) is 18.7 Å². The van der Waals surface area contributed by atoms with E-state index in [2.05, 4.69) is 5.32 Å². The first-order valence-corrected chi connectivity index (χ1v) is 10.0. The lowest BCUT2D eigenvalue weighted by molar-refractivity contribution is -0.384. The molecule has 1 saturated heterocycles. The molecule has 0 bridgehead atoms. The van der Waals surface area contributed by atoms with Gasteiger partial charge in [-0.3, -0.25) is 19.8 Å². The monoisotopic (exact) mass is 422 g/mol. The Labute approximate surface area is 176 Å². The lowest BCUT2D eigenvalue weighted by Crippen LogP contribution is -2.44. The Morgan fingerprint density at radius 1 is 1.20 bits per heavy atom. The van der Waals surface area contributed by atoms with Gasteiger partial charge in [0.1, 0.15) is 5.75 Å². The molecule has 0 aliphatic carbocycles. The molecule has 1 aromatic carbocycles. The predicted molar refractivity (Wildman–Crippen MR) is 112 cm³/mol. The van der Waals surface area contributed by atoms with Crippen LogP contribution in [-0.2, 0) is 9.53 Å². The molecule has 1 heterocycles. The summed E-state index contributed by atoms with van der Waals surface area (Å²) >= 11 is 0. The van der Waals surface area contributed by atoms with Crippen LogP contribution in [0, 0.1) is 16.0 Å². The summed E-state index contributed by atoms with van der Waals surface area (Å²) in [7, 11) is 1.43. The van der Waals surface area contributed by atoms with Crippen molar-refractivity contribution >= 4 is 23.4 Å². The predicted octanol–water partition coefficient (Wildman–Crippen LogP) is 2.73. The van der Waals surface area contributed by atoms with E-state index in [0.717, 1.165) is 0 Å². The molecule has 1 fully saturated rings. The van der Waals surface area contributed by atoms with Crippen molar-refractivity contribution in [3.63, 3.8) is 0 Å². The van der Waals surface area contributed by atoms with Crippen molar-refractivity contribution in [3.8, 4) is 5.75 Å². The van der Waals surface area contributed by atoms with E-state index < -0.39 is 11.0 Å². The molecule has 1 aromatic rings. The second-order valence-electron chi connectivity index (χ2n) is 7.65. The number of nitro benzene ring substituents is 1. The molecular weight excluding hydrogens is 392 g/mol. The molecule has 1 atom stereocenters. The number of anilines is 1. The fourth-order valence-electron chi connectivity index (χ4n) is 3.15. The van der Waals surface area contributed by atoms with E-state index in [1.54, 1.807) is 11.8 Å². The van der Waals surface area contributed by atoms with Crippen molar-refractivity contribution < 1.29 is 24.0 Å². The zero-order chi connectivity index (χ0) is 22.3. The summed E-state index contributed by atoms with van der Waals surface area (Å²) in [5.74, 6) is 0.313. The third-order valence-electron chi connectivity index (χ3n) is 4.91. The lowest BCUT2D eigenvalue weighted by Gasteiger charge is -2.27. The van der Waals surface area contributed by atoms with Crippen LogP contribution in [0.2, 0.25) is 0 Å². The van der Waals surface area contributed by atoms with E-state index in [1.165, 1.54) is 25.3 Å². The highest BCUT2D eigenvalue weighted by Gasteiger charge is 2.27. The van der Waals surface area contributed by atoms with Crippen LogP contribution in [0.1, 0.15) is 27.2 Å². The maximum Gasteiger partial charge on any atom is 0.409 e. The summed E-state index contributed by atoms with van der Waals surface area (Å²) in [6, 6.07) is 3.56. The third-order valence-corrected chi connectivity index (χ3v) is 4.91. The molecule has 2 rings (SSSR count). The molecular formula is C20H30N4O6. The Bertz CT molecular complexity index is 770. The number of hydrogen-bond donors (Lipinski definition) is 1. The molecule has 1 aliphatic heterocycles. The fraction of sp³-hybridized carbons (Fsp3) is 0.600. The van der Waals surface area contributed by atoms with Crippen molar-refractivity contribution in [1.29, 1.82) is 0 Å². The van der Waals surface area contributed by atoms with Gasteiger partial charge < -0.3 is 19.7 Å². The molecule has 1 aliphatic rings. The van der Waals surface area contributed by atoms with Gasteiger partial charge >= 0.3 is 6.09 Å². The van der Waals surface area contributed by atoms with E-state index in [4.69, 9.17) is 9.47 Å². The minimum atomic E-state index is -0.527. The smallest absolute Gasteiger partial charge is 0.409 e. The molecule has 30 heavy (non-hydrogen) atoms. The molecule has 0 aromatic heterocycles. The van der Waals surface area contributed by atoms with Gasteiger partial charge in [0.05, 0.1) is 30.4 Å². The minimum Gasteiger partial charge on any atom is -0.495 e. The van der Waals surface area contributed by atoms with Gasteiger partial charge in [-0.05, 0) is 25.3 Å². The van der Waals surface area contributed by atoms with Gasteiger partial charge in [0.2, 0.25) is 5.91 Å². The van der Waals surface area contributed by atoms with E-state index in [0.29, 0.717) is 45.0 Å². The molecule has 166 valence electrons. The van der Waals surface area contributed by atoms with Crippen molar-refractivity contribution in [3.05, 3.63) is 28.3 Å². The van der Waals surface area contributed by atoms with Crippen LogP contribution in [0.25, 0.3) is 0 Å². The number of rotatable bonds is 7. The van der Waals surface area contributed by atoms with E-state index in [-0.39, 0.29) is 29.3 Å². The van der Waals surface area contributed by atoms with Crippen molar-refractivity contribution in [1.82, 2.24) is 9.80 Å². The van der Waals surface area contributed by atoms with Crippen LogP contribution in [0.4, 0.5) is 16.2 Å². The molecule has 1 N–H and O–H groups in total. The number of hydrogen-bond acceptors (Lipinski definition) is 7. The first-order valence-electron chi connectivity index (χ1n) is 10.0.